The Morgan fingerprint density at radius 2 is 2.21 bits per heavy atom. The van der Waals surface area contributed by atoms with Gasteiger partial charge in [0, 0.05) is 18.7 Å². The lowest BCUT2D eigenvalue weighted by molar-refractivity contribution is 0.0115. The molecule has 3 rings (SSSR count). The molecule has 0 radical (unpaired) electrons. The number of rotatable bonds is 5. The Morgan fingerprint density at radius 3 is 3.11 bits per heavy atom. The van der Waals surface area contributed by atoms with Crippen LogP contribution in [0, 0.1) is 0 Å². The van der Waals surface area contributed by atoms with Gasteiger partial charge in [-0.1, -0.05) is 12.1 Å². The van der Waals surface area contributed by atoms with E-state index in [9.17, 15) is 0 Å². The van der Waals surface area contributed by atoms with Gasteiger partial charge in [0.15, 0.2) is 11.5 Å². The average molecular weight is 263 g/mol. The van der Waals surface area contributed by atoms with Crippen LogP contribution in [0.15, 0.2) is 18.2 Å². The predicted molar refractivity (Wildman–Crippen MR) is 72.5 cm³/mol. The van der Waals surface area contributed by atoms with Crippen LogP contribution in [-0.4, -0.2) is 26.0 Å². The number of fused-ring (bicyclic) bond motifs is 1. The topological polar surface area (TPSA) is 39.7 Å². The monoisotopic (exact) mass is 263 g/mol. The Morgan fingerprint density at radius 1 is 1.21 bits per heavy atom. The normalized spacial score (nSPS) is 21.6. The van der Waals surface area contributed by atoms with Crippen LogP contribution in [0.5, 0.6) is 11.5 Å². The van der Waals surface area contributed by atoms with Gasteiger partial charge in [0.05, 0.1) is 6.10 Å². The van der Waals surface area contributed by atoms with Crippen molar-refractivity contribution in [1.29, 1.82) is 0 Å². The molecule has 0 spiro atoms. The molecule has 1 saturated heterocycles. The summed E-state index contributed by atoms with van der Waals surface area (Å²) >= 11 is 0. The lowest BCUT2D eigenvalue weighted by Crippen LogP contribution is -2.25. The zero-order valence-corrected chi connectivity index (χ0v) is 11.2. The van der Waals surface area contributed by atoms with Gasteiger partial charge in [0.2, 0.25) is 6.79 Å². The van der Waals surface area contributed by atoms with Crippen molar-refractivity contribution < 1.29 is 14.2 Å². The summed E-state index contributed by atoms with van der Waals surface area (Å²) in [5.41, 5.74) is 1.17. The van der Waals surface area contributed by atoms with E-state index in [-0.39, 0.29) is 0 Å². The third-order valence-electron chi connectivity index (χ3n) is 3.71. The van der Waals surface area contributed by atoms with Crippen molar-refractivity contribution in [2.24, 2.45) is 0 Å². The standard InChI is InChI=1S/C15H21NO3/c1-2-9-17-13(5-1)7-8-16-10-12-4-3-6-14-15(12)19-11-18-14/h3-4,6,13,16H,1-2,5,7-11H2. The molecule has 0 amide bonds. The second kappa shape index (κ2) is 6.26. The highest BCUT2D eigenvalue weighted by atomic mass is 16.7. The maximum Gasteiger partial charge on any atom is 0.231 e. The van der Waals surface area contributed by atoms with Crippen molar-refractivity contribution in [2.45, 2.75) is 38.3 Å². The molecule has 1 unspecified atom stereocenters. The summed E-state index contributed by atoms with van der Waals surface area (Å²) in [7, 11) is 0. The lowest BCUT2D eigenvalue weighted by atomic mass is 10.1. The van der Waals surface area contributed by atoms with E-state index < -0.39 is 0 Å². The maximum atomic E-state index is 5.72. The van der Waals surface area contributed by atoms with E-state index >= 15 is 0 Å². The Labute approximate surface area is 114 Å². The molecule has 0 aromatic heterocycles. The van der Waals surface area contributed by atoms with Crippen molar-refractivity contribution >= 4 is 0 Å². The summed E-state index contributed by atoms with van der Waals surface area (Å²) in [6.07, 6.45) is 5.27. The van der Waals surface area contributed by atoms with E-state index in [0.29, 0.717) is 12.9 Å². The van der Waals surface area contributed by atoms with Gasteiger partial charge in [-0.25, -0.2) is 0 Å². The smallest absolute Gasteiger partial charge is 0.231 e. The second-order valence-corrected chi connectivity index (χ2v) is 5.10. The largest absolute Gasteiger partial charge is 0.454 e. The first-order chi connectivity index (χ1) is 9.43. The molecule has 4 nitrogen and oxygen atoms in total. The molecule has 0 saturated carbocycles. The van der Waals surface area contributed by atoms with Crippen molar-refractivity contribution in [3.8, 4) is 11.5 Å². The predicted octanol–water partition coefficient (Wildman–Crippen LogP) is 2.46. The molecule has 2 aliphatic rings. The van der Waals surface area contributed by atoms with Gasteiger partial charge in [0.25, 0.3) is 0 Å². The summed E-state index contributed by atoms with van der Waals surface area (Å²) in [5, 5.41) is 3.46. The minimum Gasteiger partial charge on any atom is -0.454 e. The van der Waals surface area contributed by atoms with Gasteiger partial charge < -0.3 is 19.5 Å². The lowest BCUT2D eigenvalue weighted by Gasteiger charge is -2.22. The van der Waals surface area contributed by atoms with E-state index in [0.717, 1.165) is 37.6 Å². The van der Waals surface area contributed by atoms with Gasteiger partial charge in [-0.15, -0.1) is 0 Å². The van der Waals surface area contributed by atoms with Crippen molar-refractivity contribution in [3.63, 3.8) is 0 Å². The van der Waals surface area contributed by atoms with Crippen LogP contribution in [0.4, 0.5) is 0 Å². The summed E-state index contributed by atoms with van der Waals surface area (Å²) < 4.78 is 16.6. The van der Waals surface area contributed by atoms with Gasteiger partial charge in [-0.05, 0) is 38.3 Å². The number of ether oxygens (including phenoxy) is 3. The van der Waals surface area contributed by atoms with E-state index in [1.54, 1.807) is 0 Å². The summed E-state index contributed by atoms with van der Waals surface area (Å²) in [4.78, 5) is 0. The van der Waals surface area contributed by atoms with Crippen molar-refractivity contribution in [3.05, 3.63) is 23.8 Å². The van der Waals surface area contributed by atoms with Gasteiger partial charge >= 0.3 is 0 Å². The fourth-order valence-electron chi connectivity index (χ4n) is 2.65. The SMILES string of the molecule is c1cc(CNCCC2CCCCO2)c2c(c1)OCO2. The Balaban J connectivity index is 1.44. The van der Waals surface area contributed by atoms with Crippen molar-refractivity contribution in [1.82, 2.24) is 5.32 Å². The first kappa shape index (κ1) is 12.8. The molecule has 2 aliphatic heterocycles. The summed E-state index contributed by atoms with van der Waals surface area (Å²) in [6.45, 7) is 3.07. The minimum absolute atomic E-state index is 0.336. The molecule has 0 bridgehead atoms. The fourth-order valence-corrected chi connectivity index (χ4v) is 2.65. The van der Waals surface area contributed by atoms with Gasteiger partial charge in [-0.2, -0.15) is 0 Å². The fraction of sp³-hybridized carbons (Fsp3) is 0.600. The number of benzene rings is 1. The quantitative estimate of drug-likeness (QED) is 0.828. The van der Waals surface area contributed by atoms with E-state index in [1.807, 2.05) is 12.1 Å². The van der Waals surface area contributed by atoms with Crippen LogP contribution in [0.1, 0.15) is 31.2 Å². The Kier molecular flexibility index (Phi) is 4.20. The number of para-hydroxylation sites is 1. The summed E-state index contributed by atoms with van der Waals surface area (Å²) in [5.74, 6) is 1.75. The Bertz CT molecular complexity index is 416. The molecule has 104 valence electrons. The third kappa shape index (κ3) is 3.19. The van der Waals surface area contributed by atoms with Gasteiger partial charge in [-0.3, -0.25) is 0 Å². The first-order valence-corrected chi connectivity index (χ1v) is 7.13. The molecule has 1 aromatic rings. The van der Waals surface area contributed by atoms with Crippen LogP contribution >= 0.6 is 0 Å². The molecule has 1 atom stereocenters. The average Bonchev–Trinajstić information content (AvgIpc) is 2.94. The number of hydrogen-bond donors (Lipinski definition) is 1. The van der Waals surface area contributed by atoms with Crippen LogP contribution < -0.4 is 14.8 Å². The number of hydrogen-bond acceptors (Lipinski definition) is 4. The van der Waals surface area contributed by atoms with E-state index in [1.165, 1.54) is 24.8 Å². The molecule has 2 heterocycles. The highest BCUT2D eigenvalue weighted by molar-refractivity contribution is 5.48. The second-order valence-electron chi connectivity index (χ2n) is 5.10. The molecule has 1 aromatic carbocycles. The molecule has 0 aliphatic carbocycles. The van der Waals surface area contributed by atoms with Gasteiger partial charge in [0.1, 0.15) is 0 Å². The molecule has 1 N–H and O–H groups in total. The zero-order chi connectivity index (χ0) is 12.9. The minimum atomic E-state index is 0.336. The Hall–Kier alpha value is -1.26. The maximum absolute atomic E-state index is 5.72. The molecular formula is C15H21NO3. The van der Waals surface area contributed by atoms with Crippen LogP contribution in [0.25, 0.3) is 0 Å². The van der Waals surface area contributed by atoms with E-state index in [4.69, 9.17) is 14.2 Å². The highest BCUT2D eigenvalue weighted by Gasteiger charge is 2.17. The third-order valence-corrected chi connectivity index (χ3v) is 3.71. The number of nitrogens with one attached hydrogen (secondary N) is 1. The van der Waals surface area contributed by atoms with Crippen molar-refractivity contribution in [2.75, 3.05) is 19.9 Å². The highest BCUT2D eigenvalue weighted by Crippen LogP contribution is 2.35. The van der Waals surface area contributed by atoms with E-state index in [2.05, 4.69) is 11.4 Å². The van der Waals surface area contributed by atoms with Crippen LogP contribution in [-0.2, 0) is 11.3 Å². The molecule has 19 heavy (non-hydrogen) atoms. The summed E-state index contributed by atoms with van der Waals surface area (Å²) in [6, 6.07) is 6.04. The molecule has 1 fully saturated rings. The zero-order valence-electron chi connectivity index (χ0n) is 11.2. The molecule has 4 heteroatoms. The van der Waals surface area contributed by atoms with Crippen LogP contribution in [0.3, 0.4) is 0 Å². The van der Waals surface area contributed by atoms with Crippen LogP contribution in [0.2, 0.25) is 0 Å². The first-order valence-electron chi connectivity index (χ1n) is 7.13. The molecular weight excluding hydrogens is 242 g/mol.